The van der Waals surface area contributed by atoms with Crippen molar-refractivity contribution >= 4 is 34.8 Å². The van der Waals surface area contributed by atoms with Crippen molar-refractivity contribution in [2.75, 3.05) is 4.90 Å². The first kappa shape index (κ1) is 20.3. The normalized spacial score (nSPS) is 23.7. The van der Waals surface area contributed by atoms with E-state index in [1.807, 2.05) is 12.3 Å². The number of rotatable bonds is 5. The van der Waals surface area contributed by atoms with Gasteiger partial charge in [-0.1, -0.05) is 23.2 Å². The third kappa shape index (κ3) is 4.31. The van der Waals surface area contributed by atoms with Crippen LogP contribution in [0.4, 0.5) is 5.69 Å². The van der Waals surface area contributed by atoms with Gasteiger partial charge in [0.05, 0.1) is 16.9 Å². The standard InChI is InChI=1S/C22H25Cl2N3O2/c1-22(2,29-20-8-5-14(23)10-19(20)24)21(28)26-15-11-16-6-7-17(12-15)27(16)18-4-3-9-25-13-18/h3-5,8-10,13,15-17H,6-7,11-12H2,1-2H3,(H,26,28)/t15-,16+,17-. The molecule has 5 nitrogen and oxygen atoms in total. The molecule has 2 bridgehead atoms. The number of ether oxygens (including phenoxy) is 1. The lowest BCUT2D eigenvalue weighted by molar-refractivity contribution is -0.135. The summed E-state index contributed by atoms with van der Waals surface area (Å²) in [5.41, 5.74) is 0.127. The Balaban J connectivity index is 1.40. The van der Waals surface area contributed by atoms with Gasteiger partial charge < -0.3 is 15.0 Å². The second kappa shape index (κ2) is 8.04. The van der Waals surface area contributed by atoms with Gasteiger partial charge in [-0.15, -0.1) is 0 Å². The Labute approximate surface area is 181 Å². The van der Waals surface area contributed by atoms with Crippen LogP contribution in [0.5, 0.6) is 5.75 Å². The summed E-state index contributed by atoms with van der Waals surface area (Å²) in [6.07, 6.45) is 7.87. The third-order valence-electron chi connectivity index (χ3n) is 5.82. The first-order valence-electron chi connectivity index (χ1n) is 9.97. The van der Waals surface area contributed by atoms with E-state index in [-0.39, 0.29) is 11.9 Å². The summed E-state index contributed by atoms with van der Waals surface area (Å²) in [6.45, 7) is 3.51. The molecule has 154 valence electrons. The molecule has 0 radical (unpaired) electrons. The monoisotopic (exact) mass is 433 g/mol. The predicted octanol–water partition coefficient (Wildman–Crippen LogP) is 4.86. The smallest absolute Gasteiger partial charge is 0.263 e. The van der Waals surface area contributed by atoms with Crippen molar-refractivity contribution in [3.05, 3.63) is 52.8 Å². The molecule has 3 heterocycles. The second-order valence-electron chi connectivity index (χ2n) is 8.33. The number of aromatic nitrogens is 1. The number of hydrogen-bond acceptors (Lipinski definition) is 4. The number of nitrogens with zero attached hydrogens (tertiary/aromatic N) is 2. The van der Waals surface area contributed by atoms with Crippen LogP contribution < -0.4 is 15.0 Å². The van der Waals surface area contributed by atoms with E-state index in [1.165, 1.54) is 5.69 Å². The average Bonchev–Trinajstić information content (AvgIpc) is 2.95. The quantitative estimate of drug-likeness (QED) is 0.730. The Morgan fingerprint density at radius 2 is 1.93 bits per heavy atom. The van der Waals surface area contributed by atoms with Crippen LogP contribution in [0.15, 0.2) is 42.7 Å². The molecule has 4 rings (SSSR count). The molecule has 2 aliphatic heterocycles. The largest absolute Gasteiger partial charge is 0.476 e. The lowest BCUT2D eigenvalue weighted by Gasteiger charge is -2.41. The van der Waals surface area contributed by atoms with Crippen LogP contribution in [-0.2, 0) is 4.79 Å². The average molecular weight is 434 g/mol. The van der Waals surface area contributed by atoms with E-state index in [4.69, 9.17) is 27.9 Å². The van der Waals surface area contributed by atoms with E-state index in [0.717, 1.165) is 25.7 Å². The van der Waals surface area contributed by atoms with Crippen molar-refractivity contribution in [2.45, 2.75) is 63.3 Å². The maximum absolute atomic E-state index is 13.0. The van der Waals surface area contributed by atoms with Gasteiger partial charge in [-0.2, -0.15) is 0 Å². The van der Waals surface area contributed by atoms with Crippen LogP contribution in [0.25, 0.3) is 0 Å². The highest BCUT2D eigenvalue weighted by molar-refractivity contribution is 6.35. The van der Waals surface area contributed by atoms with E-state index in [9.17, 15) is 4.79 Å². The van der Waals surface area contributed by atoms with Gasteiger partial charge in [-0.25, -0.2) is 0 Å². The highest BCUT2D eigenvalue weighted by Crippen LogP contribution is 2.39. The molecular weight excluding hydrogens is 409 g/mol. The molecule has 3 atom stereocenters. The zero-order chi connectivity index (χ0) is 20.6. The van der Waals surface area contributed by atoms with Gasteiger partial charge >= 0.3 is 0 Å². The number of anilines is 1. The summed E-state index contributed by atoms with van der Waals surface area (Å²) in [7, 11) is 0. The lowest BCUT2D eigenvalue weighted by Crippen LogP contribution is -2.55. The summed E-state index contributed by atoms with van der Waals surface area (Å²) in [5, 5.41) is 4.13. The van der Waals surface area contributed by atoms with Crippen molar-refractivity contribution in [1.82, 2.24) is 10.3 Å². The minimum atomic E-state index is -1.04. The van der Waals surface area contributed by atoms with Crippen LogP contribution in [0.3, 0.4) is 0 Å². The van der Waals surface area contributed by atoms with Crippen LogP contribution in [-0.4, -0.2) is 34.6 Å². The third-order valence-corrected chi connectivity index (χ3v) is 6.35. The van der Waals surface area contributed by atoms with Crippen LogP contribution in [0, 0.1) is 0 Å². The number of amides is 1. The van der Waals surface area contributed by atoms with E-state index >= 15 is 0 Å². The SMILES string of the molecule is CC(C)(Oc1ccc(Cl)cc1Cl)C(=O)N[C@H]1C[C@H]2CC[C@@H](C1)N2c1cccnc1. The second-order valence-corrected chi connectivity index (χ2v) is 9.18. The summed E-state index contributed by atoms with van der Waals surface area (Å²) in [6, 6.07) is 10.1. The molecule has 2 saturated heterocycles. The number of carbonyl (C=O) groups excluding carboxylic acids is 1. The highest BCUT2D eigenvalue weighted by atomic mass is 35.5. The van der Waals surface area contributed by atoms with E-state index in [0.29, 0.717) is 27.9 Å². The maximum Gasteiger partial charge on any atom is 0.263 e. The van der Waals surface area contributed by atoms with E-state index < -0.39 is 5.60 Å². The Hall–Kier alpha value is -1.98. The maximum atomic E-state index is 13.0. The Morgan fingerprint density at radius 3 is 2.55 bits per heavy atom. The summed E-state index contributed by atoms with van der Waals surface area (Å²) in [4.78, 5) is 19.7. The predicted molar refractivity (Wildman–Crippen MR) is 116 cm³/mol. The molecule has 29 heavy (non-hydrogen) atoms. The Morgan fingerprint density at radius 1 is 1.21 bits per heavy atom. The molecule has 0 saturated carbocycles. The van der Waals surface area contributed by atoms with Gasteiger partial charge in [-0.3, -0.25) is 9.78 Å². The van der Waals surface area contributed by atoms with Crippen LogP contribution in [0.1, 0.15) is 39.5 Å². The first-order chi connectivity index (χ1) is 13.8. The number of fused-ring (bicyclic) bond motifs is 2. The molecule has 1 N–H and O–H groups in total. The first-order valence-corrected chi connectivity index (χ1v) is 10.7. The Kier molecular flexibility index (Phi) is 5.63. The highest BCUT2D eigenvalue weighted by Gasteiger charge is 2.42. The van der Waals surface area contributed by atoms with Gasteiger partial charge in [-0.05, 0) is 69.9 Å². The number of piperidine rings is 1. The minimum absolute atomic E-state index is 0.136. The summed E-state index contributed by atoms with van der Waals surface area (Å²) < 4.78 is 5.93. The van der Waals surface area contributed by atoms with Crippen LogP contribution >= 0.6 is 23.2 Å². The number of carbonyl (C=O) groups is 1. The van der Waals surface area contributed by atoms with Gasteiger partial charge in [0, 0.05) is 29.3 Å². The number of benzene rings is 1. The molecule has 0 spiro atoms. The molecule has 1 amide bonds. The number of pyridine rings is 1. The summed E-state index contributed by atoms with van der Waals surface area (Å²) >= 11 is 12.1. The molecule has 0 unspecified atom stereocenters. The van der Waals surface area contributed by atoms with Crippen molar-refractivity contribution in [3.8, 4) is 5.75 Å². The lowest BCUT2D eigenvalue weighted by atomic mass is 9.95. The van der Waals surface area contributed by atoms with Crippen molar-refractivity contribution in [3.63, 3.8) is 0 Å². The fourth-order valence-corrected chi connectivity index (χ4v) is 4.91. The number of hydrogen-bond donors (Lipinski definition) is 1. The zero-order valence-electron chi connectivity index (χ0n) is 16.6. The topological polar surface area (TPSA) is 54.5 Å². The molecule has 2 aromatic rings. The molecule has 1 aromatic carbocycles. The van der Waals surface area contributed by atoms with Crippen molar-refractivity contribution in [1.29, 1.82) is 0 Å². The number of halogens is 2. The molecular formula is C22H25Cl2N3O2. The molecule has 2 aliphatic rings. The number of nitrogens with one attached hydrogen (secondary N) is 1. The molecule has 0 aliphatic carbocycles. The summed E-state index contributed by atoms with van der Waals surface area (Å²) in [5.74, 6) is 0.311. The molecule has 2 fully saturated rings. The van der Waals surface area contributed by atoms with Crippen molar-refractivity contribution < 1.29 is 9.53 Å². The minimum Gasteiger partial charge on any atom is -0.476 e. The molecule has 1 aromatic heterocycles. The van der Waals surface area contributed by atoms with Gasteiger partial charge in [0.15, 0.2) is 5.60 Å². The van der Waals surface area contributed by atoms with Crippen molar-refractivity contribution in [2.24, 2.45) is 0 Å². The van der Waals surface area contributed by atoms with Crippen LogP contribution in [0.2, 0.25) is 10.0 Å². The fraction of sp³-hybridized carbons (Fsp3) is 0.455. The zero-order valence-corrected chi connectivity index (χ0v) is 18.1. The van der Waals surface area contributed by atoms with Gasteiger partial charge in [0.25, 0.3) is 5.91 Å². The van der Waals surface area contributed by atoms with Gasteiger partial charge in [0.2, 0.25) is 0 Å². The molecule has 7 heteroatoms. The fourth-order valence-electron chi connectivity index (χ4n) is 4.46. The van der Waals surface area contributed by atoms with Gasteiger partial charge in [0.1, 0.15) is 5.75 Å². The van der Waals surface area contributed by atoms with E-state index in [2.05, 4.69) is 21.3 Å². The van der Waals surface area contributed by atoms with E-state index in [1.54, 1.807) is 38.2 Å². The Bertz CT molecular complexity index is 877.